The topological polar surface area (TPSA) is 72.0 Å². The Hall–Kier alpha value is -1.92. The molecule has 0 radical (unpaired) electrons. The summed E-state index contributed by atoms with van der Waals surface area (Å²) in [5, 5.41) is 4.25. The Labute approximate surface area is 125 Å². The van der Waals surface area contributed by atoms with E-state index in [-0.39, 0.29) is 6.04 Å². The fourth-order valence-corrected chi connectivity index (χ4v) is 2.31. The molecule has 0 aliphatic rings. The third kappa shape index (κ3) is 3.80. The molecular formula is C15H24N6. The van der Waals surface area contributed by atoms with Crippen LogP contribution in [0.2, 0.25) is 0 Å². The van der Waals surface area contributed by atoms with Crippen LogP contribution >= 0.6 is 0 Å². The number of benzene rings is 1. The van der Waals surface area contributed by atoms with Gasteiger partial charge in [0.2, 0.25) is 0 Å². The van der Waals surface area contributed by atoms with Gasteiger partial charge in [0.15, 0.2) is 0 Å². The van der Waals surface area contributed by atoms with Crippen molar-refractivity contribution in [1.82, 2.24) is 20.2 Å². The Morgan fingerprint density at radius 3 is 2.57 bits per heavy atom. The third-order valence-corrected chi connectivity index (χ3v) is 3.53. The zero-order valence-corrected chi connectivity index (χ0v) is 13.0. The highest BCUT2D eigenvalue weighted by Gasteiger charge is 2.14. The maximum Gasteiger partial charge on any atom is 0.138 e. The van der Waals surface area contributed by atoms with Crippen molar-refractivity contribution >= 4 is 5.69 Å². The van der Waals surface area contributed by atoms with E-state index >= 15 is 0 Å². The van der Waals surface area contributed by atoms with E-state index in [1.54, 1.807) is 6.33 Å². The molecule has 1 heterocycles. The summed E-state index contributed by atoms with van der Waals surface area (Å²) in [6.45, 7) is 3.01. The predicted octanol–water partition coefficient (Wildman–Crippen LogP) is 1.50. The zero-order valence-electron chi connectivity index (χ0n) is 13.0. The highest BCUT2D eigenvalue weighted by molar-refractivity contribution is 5.46. The number of aromatic nitrogens is 3. The van der Waals surface area contributed by atoms with Crippen molar-refractivity contribution in [2.75, 3.05) is 19.0 Å². The van der Waals surface area contributed by atoms with Crippen LogP contribution in [0, 0.1) is 0 Å². The van der Waals surface area contributed by atoms with E-state index in [4.69, 9.17) is 5.84 Å². The molecular weight excluding hydrogens is 264 g/mol. The van der Waals surface area contributed by atoms with Crippen LogP contribution in [0.1, 0.15) is 30.8 Å². The van der Waals surface area contributed by atoms with Crippen molar-refractivity contribution in [3.8, 4) is 0 Å². The molecule has 0 amide bonds. The Morgan fingerprint density at radius 2 is 2.00 bits per heavy atom. The van der Waals surface area contributed by atoms with Gasteiger partial charge in [0.05, 0.1) is 6.04 Å². The monoisotopic (exact) mass is 288 g/mol. The van der Waals surface area contributed by atoms with E-state index < -0.39 is 0 Å². The minimum absolute atomic E-state index is 0.0287. The maximum absolute atomic E-state index is 5.73. The summed E-state index contributed by atoms with van der Waals surface area (Å²) in [5.41, 5.74) is 5.20. The normalized spacial score (nSPS) is 12.4. The molecule has 0 aliphatic heterocycles. The Morgan fingerprint density at radius 1 is 1.29 bits per heavy atom. The second-order valence-electron chi connectivity index (χ2n) is 5.31. The first-order valence-corrected chi connectivity index (χ1v) is 7.25. The fraction of sp³-hybridized carbons (Fsp3) is 0.467. The molecule has 21 heavy (non-hydrogen) atoms. The Bertz CT molecular complexity index is 546. The highest BCUT2D eigenvalue weighted by Crippen LogP contribution is 2.20. The number of hydrogen-bond acceptors (Lipinski definition) is 5. The van der Waals surface area contributed by atoms with Crippen LogP contribution in [-0.4, -0.2) is 28.9 Å². The predicted molar refractivity (Wildman–Crippen MR) is 84.9 cm³/mol. The largest absolute Gasteiger partial charge is 0.378 e. The van der Waals surface area contributed by atoms with Gasteiger partial charge in [-0.3, -0.25) is 16.0 Å². The lowest BCUT2D eigenvalue weighted by molar-refractivity contribution is 0.499. The minimum atomic E-state index is 0.0287. The van der Waals surface area contributed by atoms with Crippen molar-refractivity contribution in [3.63, 3.8) is 0 Å². The van der Waals surface area contributed by atoms with Gasteiger partial charge in [0.1, 0.15) is 12.2 Å². The van der Waals surface area contributed by atoms with E-state index in [1.165, 1.54) is 5.69 Å². The van der Waals surface area contributed by atoms with Gasteiger partial charge >= 0.3 is 0 Å². The van der Waals surface area contributed by atoms with Gasteiger partial charge in [-0.2, -0.15) is 5.10 Å². The zero-order chi connectivity index (χ0) is 15.2. The minimum Gasteiger partial charge on any atom is -0.378 e. The number of nitrogens with one attached hydrogen (secondary N) is 1. The molecule has 1 unspecified atom stereocenters. The van der Waals surface area contributed by atoms with Gasteiger partial charge in [-0.05, 0) is 24.1 Å². The summed E-state index contributed by atoms with van der Waals surface area (Å²) in [6.07, 6.45) is 3.36. The van der Waals surface area contributed by atoms with Gasteiger partial charge in [-0.1, -0.05) is 19.1 Å². The molecule has 1 atom stereocenters. The number of hydrazine groups is 1. The number of rotatable bonds is 7. The van der Waals surface area contributed by atoms with E-state index in [2.05, 4.69) is 51.6 Å². The van der Waals surface area contributed by atoms with Crippen LogP contribution in [0.3, 0.4) is 0 Å². The number of anilines is 1. The molecule has 6 nitrogen and oxygen atoms in total. The molecule has 3 N–H and O–H groups in total. The molecule has 1 aromatic heterocycles. The summed E-state index contributed by atoms with van der Waals surface area (Å²) in [7, 11) is 4.06. The number of hydrogen-bond donors (Lipinski definition) is 2. The molecule has 0 aliphatic carbocycles. The average molecular weight is 288 g/mol. The first-order valence-electron chi connectivity index (χ1n) is 7.25. The van der Waals surface area contributed by atoms with Crippen molar-refractivity contribution < 1.29 is 0 Å². The second-order valence-corrected chi connectivity index (χ2v) is 5.31. The van der Waals surface area contributed by atoms with E-state index in [0.717, 1.165) is 30.8 Å². The quantitative estimate of drug-likeness (QED) is 0.597. The molecule has 6 heteroatoms. The van der Waals surface area contributed by atoms with Crippen LogP contribution in [-0.2, 0) is 13.0 Å². The Kier molecular flexibility index (Phi) is 5.30. The summed E-state index contributed by atoms with van der Waals surface area (Å²) in [4.78, 5) is 6.42. The first kappa shape index (κ1) is 15.5. The van der Waals surface area contributed by atoms with Crippen LogP contribution in [0.5, 0.6) is 0 Å². The van der Waals surface area contributed by atoms with Crippen molar-refractivity contribution in [1.29, 1.82) is 0 Å². The van der Waals surface area contributed by atoms with E-state index in [9.17, 15) is 0 Å². The lowest BCUT2D eigenvalue weighted by Gasteiger charge is -2.18. The summed E-state index contributed by atoms with van der Waals surface area (Å²) in [5.74, 6) is 6.68. The average Bonchev–Trinajstić information content (AvgIpc) is 2.92. The first-order chi connectivity index (χ1) is 10.2. The second kappa shape index (κ2) is 7.19. The maximum atomic E-state index is 5.73. The van der Waals surface area contributed by atoms with Crippen molar-refractivity contribution in [2.24, 2.45) is 5.84 Å². The van der Waals surface area contributed by atoms with Gasteiger partial charge in [-0.15, -0.1) is 0 Å². The summed E-state index contributed by atoms with van der Waals surface area (Å²) >= 11 is 0. The number of aryl methyl sites for hydroxylation is 1. The van der Waals surface area contributed by atoms with Gasteiger partial charge in [-0.25, -0.2) is 4.98 Å². The molecule has 0 fully saturated rings. The number of nitrogens with two attached hydrogens (primary N) is 1. The van der Waals surface area contributed by atoms with E-state index in [0.29, 0.717) is 0 Å². The molecule has 1 aromatic carbocycles. The van der Waals surface area contributed by atoms with Crippen molar-refractivity contribution in [2.45, 2.75) is 32.4 Å². The molecule has 0 spiro atoms. The van der Waals surface area contributed by atoms with Crippen LogP contribution in [0.4, 0.5) is 5.69 Å². The molecule has 0 saturated heterocycles. The van der Waals surface area contributed by atoms with Crippen molar-refractivity contribution in [3.05, 3.63) is 42.0 Å². The molecule has 2 rings (SSSR count). The van der Waals surface area contributed by atoms with Gasteiger partial charge in [0, 0.05) is 32.7 Å². The SMILES string of the molecule is CCCn1ncnc1CC(NN)c1ccc(N(C)C)cc1. The molecule has 2 aromatic rings. The summed E-state index contributed by atoms with van der Waals surface area (Å²) in [6, 6.07) is 8.41. The fourth-order valence-electron chi connectivity index (χ4n) is 2.31. The van der Waals surface area contributed by atoms with E-state index in [1.807, 2.05) is 18.8 Å². The lowest BCUT2D eigenvalue weighted by atomic mass is 10.0. The number of nitrogens with zero attached hydrogens (tertiary/aromatic N) is 4. The lowest BCUT2D eigenvalue weighted by Crippen LogP contribution is -2.30. The Balaban J connectivity index is 2.13. The summed E-state index contributed by atoms with van der Waals surface area (Å²) < 4.78 is 1.94. The molecule has 0 saturated carbocycles. The van der Waals surface area contributed by atoms with Crippen LogP contribution in [0.25, 0.3) is 0 Å². The van der Waals surface area contributed by atoms with Crippen LogP contribution in [0.15, 0.2) is 30.6 Å². The van der Waals surface area contributed by atoms with Crippen LogP contribution < -0.4 is 16.2 Å². The smallest absolute Gasteiger partial charge is 0.138 e. The van der Waals surface area contributed by atoms with Gasteiger partial charge < -0.3 is 4.90 Å². The highest BCUT2D eigenvalue weighted by atomic mass is 15.3. The standard InChI is InChI=1S/C15H24N6/c1-4-9-21-15(17-11-18-21)10-14(19-16)12-5-7-13(8-6-12)20(2)3/h5-8,11,14,19H,4,9-10,16H2,1-3H3. The third-order valence-electron chi connectivity index (χ3n) is 3.53. The molecule has 0 bridgehead atoms. The van der Waals surface area contributed by atoms with Gasteiger partial charge in [0.25, 0.3) is 0 Å². The molecule has 114 valence electrons.